The first-order valence-electron chi connectivity index (χ1n) is 10.5. The maximum absolute atomic E-state index is 14.4. The van der Waals surface area contributed by atoms with Gasteiger partial charge in [-0.15, -0.1) is 0 Å². The Labute approximate surface area is 203 Å². The van der Waals surface area contributed by atoms with E-state index < -0.39 is 71.3 Å². The van der Waals surface area contributed by atoms with Crippen LogP contribution in [0.4, 0.5) is 43.9 Å². The maximum atomic E-state index is 14.4. The lowest BCUT2D eigenvalue weighted by Crippen LogP contribution is -2.51. The first-order valence-corrected chi connectivity index (χ1v) is 10.5. The number of aliphatic hydroxyl groups is 1. The van der Waals surface area contributed by atoms with Gasteiger partial charge in [-0.3, -0.25) is 10.3 Å². The van der Waals surface area contributed by atoms with E-state index in [-0.39, 0.29) is 11.6 Å². The summed E-state index contributed by atoms with van der Waals surface area (Å²) in [7, 11) is 0. The molecule has 200 valence electrons. The molecular weight excluding hydrogens is 522 g/mol. The summed E-state index contributed by atoms with van der Waals surface area (Å²) in [6.07, 6.45) is -18.1. The Morgan fingerprint density at radius 2 is 1.35 bits per heavy atom. The molecule has 0 aliphatic heterocycles. The number of halogens is 10. The van der Waals surface area contributed by atoms with Gasteiger partial charge in [-0.1, -0.05) is 30.3 Å². The summed E-state index contributed by atoms with van der Waals surface area (Å²) in [5, 5.41) is 11.9. The number of benzene rings is 2. The fourth-order valence-corrected chi connectivity index (χ4v) is 3.72. The fraction of sp³-hybridized carbons (Fsp3) is 0.292. The van der Waals surface area contributed by atoms with E-state index >= 15 is 0 Å². The first-order chi connectivity index (χ1) is 17.0. The summed E-state index contributed by atoms with van der Waals surface area (Å²) < 4.78 is 135. The molecule has 1 heterocycles. The van der Waals surface area contributed by atoms with Gasteiger partial charge < -0.3 is 5.11 Å². The fourth-order valence-electron chi connectivity index (χ4n) is 3.72. The highest BCUT2D eigenvalue weighted by atomic mass is 19.4. The SMILES string of the molecule is OC(CNC(Cc1ccccc1)(c1cc(F)cc(C(F)(F)F)c1)c1cc(C(F)(F)F)ccn1)C(F)(F)F. The Morgan fingerprint density at radius 1 is 0.757 bits per heavy atom. The second kappa shape index (κ2) is 10.3. The number of hydrogen-bond acceptors (Lipinski definition) is 3. The molecule has 3 rings (SSSR count). The van der Waals surface area contributed by atoms with Crippen LogP contribution in [-0.4, -0.2) is 28.9 Å². The molecule has 3 nitrogen and oxygen atoms in total. The van der Waals surface area contributed by atoms with Crippen LogP contribution in [0.25, 0.3) is 0 Å². The van der Waals surface area contributed by atoms with Gasteiger partial charge in [-0.25, -0.2) is 4.39 Å². The zero-order valence-corrected chi connectivity index (χ0v) is 18.5. The molecule has 1 aromatic heterocycles. The summed E-state index contributed by atoms with van der Waals surface area (Å²) in [4.78, 5) is 3.83. The number of rotatable bonds is 7. The third kappa shape index (κ3) is 6.77. The average Bonchev–Trinajstić information content (AvgIpc) is 2.80. The van der Waals surface area contributed by atoms with Crippen molar-refractivity contribution >= 4 is 0 Å². The van der Waals surface area contributed by atoms with Crippen molar-refractivity contribution in [2.24, 2.45) is 0 Å². The van der Waals surface area contributed by atoms with Crippen molar-refractivity contribution in [3.05, 3.63) is 101 Å². The van der Waals surface area contributed by atoms with E-state index in [0.717, 1.165) is 0 Å². The number of alkyl halides is 9. The monoisotopic (exact) mass is 540 g/mol. The van der Waals surface area contributed by atoms with Gasteiger partial charge in [0.1, 0.15) is 5.82 Å². The van der Waals surface area contributed by atoms with Crippen LogP contribution < -0.4 is 5.32 Å². The molecule has 0 fully saturated rings. The smallest absolute Gasteiger partial charge is 0.382 e. The Kier molecular flexibility index (Phi) is 7.89. The van der Waals surface area contributed by atoms with Gasteiger partial charge in [-0.05, 0) is 41.5 Å². The van der Waals surface area contributed by atoms with Crippen molar-refractivity contribution in [3.63, 3.8) is 0 Å². The van der Waals surface area contributed by atoms with E-state index in [9.17, 15) is 49.0 Å². The molecule has 0 saturated heterocycles. The van der Waals surface area contributed by atoms with Gasteiger partial charge >= 0.3 is 18.5 Å². The molecule has 13 heteroatoms. The topological polar surface area (TPSA) is 45.1 Å². The number of pyridine rings is 1. The highest BCUT2D eigenvalue weighted by molar-refractivity contribution is 5.42. The Bertz CT molecular complexity index is 1210. The Hall–Kier alpha value is -3.19. The number of nitrogens with zero attached hydrogens (tertiary/aromatic N) is 1. The van der Waals surface area contributed by atoms with Crippen LogP contribution in [0.3, 0.4) is 0 Å². The third-order valence-electron chi connectivity index (χ3n) is 5.53. The number of aromatic nitrogens is 1. The molecular formula is C24H18F10N2O. The molecule has 0 aliphatic carbocycles. The average molecular weight is 540 g/mol. The van der Waals surface area contributed by atoms with E-state index in [2.05, 4.69) is 10.3 Å². The molecule has 0 bridgehead atoms. The van der Waals surface area contributed by atoms with Crippen LogP contribution in [0, 0.1) is 5.82 Å². The lowest BCUT2D eigenvalue weighted by atomic mass is 9.79. The summed E-state index contributed by atoms with van der Waals surface area (Å²) in [5.74, 6) is -1.44. The largest absolute Gasteiger partial charge is 0.416 e. The predicted octanol–water partition coefficient (Wildman–Crippen LogP) is 6.26. The molecule has 2 N–H and O–H groups in total. The zero-order valence-electron chi connectivity index (χ0n) is 18.5. The zero-order chi connectivity index (χ0) is 27.6. The number of hydrogen-bond donors (Lipinski definition) is 2. The van der Waals surface area contributed by atoms with E-state index in [1.165, 1.54) is 24.3 Å². The lowest BCUT2D eigenvalue weighted by molar-refractivity contribution is -0.202. The standard InChI is InChI=1S/C24H18F10N2O/c25-18-9-16(8-17(10-18)23(29,30)31)21(12-14-4-2-1-3-5-14,36-13-20(37)24(32,33)34)19-11-15(6-7-35-19)22(26,27)28/h1-11,20,36-37H,12-13H2. The molecule has 0 amide bonds. The van der Waals surface area contributed by atoms with Crippen LogP contribution in [0.15, 0.2) is 66.9 Å². The van der Waals surface area contributed by atoms with Crippen LogP contribution >= 0.6 is 0 Å². The molecule has 2 aromatic carbocycles. The van der Waals surface area contributed by atoms with Crippen molar-refractivity contribution in [1.29, 1.82) is 0 Å². The van der Waals surface area contributed by atoms with Crippen molar-refractivity contribution in [2.45, 2.75) is 36.6 Å². The van der Waals surface area contributed by atoms with Gasteiger partial charge in [0.05, 0.1) is 22.4 Å². The van der Waals surface area contributed by atoms with Crippen LogP contribution in [0.1, 0.15) is 27.9 Å². The van der Waals surface area contributed by atoms with E-state index in [0.29, 0.717) is 30.5 Å². The molecule has 37 heavy (non-hydrogen) atoms. The van der Waals surface area contributed by atoms with Crippen LogP contribution in [0.2, 0.25) is 0 Å². The molecule has 0 radical (unpaired) electrons. The second-order valence-corrected chi connectivity index (χ2v) is 8.16. The molecule has 2 unspecified atom stereocenters. The van der Waals surface area contributed by atoms with Crippen molar-refractivity contribution < 1.29 is 49.0 Å². The van der Waals surface area contributed by atoms with Gasteiger partial charge in [0, 0.05) is 19.2 Å². The summed E-state index contributed by atoms with van der Waals surface area (Å²) in [6, 6.07) is 9.51. The normalized spacial score (nSPS) is 15.3. The van der Waals surface area contributed by atoms with Crippen molar-refractivity contribution in [3.8, 4) is 0 Å². The summed E-state index contributed by atoms with van der Waals surface area (Å²) in [6.45, 7) is -1.36. The molecule has 2 atom stereocenters. The van der Waals surface area contributed by atoms with Crippen molar-refractivity contribution in [2.75, 3.05) is 6.54 Å². The van der Waals surface area contributed by atoms with Crippen LogP contribution in [0.5, 0.6) is 0 Å². The predicted molar refractivity (Wildman–Crippen MR) is 112 cm³/mol. The van der Waals surface area contributed by atoms with Gasteiger partial charge in [0.15, 0.2) is 6.10 Å². The van der Waals surface area contributed by atoms with Crippen LogP contribution in [-0.2, 0) is 24.3 Å². The maximum Gasteiger partial charge on any atom is 0.416 e. The highest BCUT2D eigenvalue weighted by Gasteiger charge is 2.44. The van der Waals surface area contributed by atoms with Gasteiger partial charge in [0.2, 0.25) is 0 Å². The quantitative estimate of drug-likeness (QED) is 0.348. The second-order valence-electron chi connectivity index (χ2n) is 8.16. The minimum absolute atomic E-state index is 0.140. The summed E-state index contributed by atoms with van der Waals surface area (Å²) >= 11 is 0. The lowest BCUT2D eigenvalue weighted by Gasteiger charge is -2.37. The Balaban J connectivity index is 2.34. The Morgan fingerprint density at radius 3 is 1.92 bits per heavy atom. The van der Waals surface area contributed by atoms with E-state index in [1.807, 2.05) is 0 Å². The highest BCUT2D eigenvalue weighted by Crippen LogP contribution is 2.39. The summed E-state index contributed by atoms with van der Waals surface area (Å²) in [5.41, 5.74) is -6.21. The number of nitrogens with one attached hydrogen (secondary N) is 1. The third-order valence-corrected chi connectivity index (χ3v) is 5.53. The number of aliphatic hydroxyl groups excluding tert-OH is 1. The first kappa shape index (κ1) is 28.4. The molecule has 0 spiro atoms. The van der Waals surface area contributed by atoms with Gasteiger partial charge in [0.25, 0.3) is 0 Å². The molecule has 0 saturated carbocycles. The van der Waals surface area contributed by atoms with Gasteiger partial charge in [-0.2, -0.15) is 39.5 Å². The van der Waals surface area contributed by atoms with Crippen molar-refractivity contribution in [1.82, 2.24) is 10.3 Å². The van der Waals surface area contributed by atoms with E-state index in [1.54, 1.807) is 6.07 Å². The van der Waals surface area contributed by atoms with E-state index in [4.69, 9.17) is 0 Å². The molecule has 3 aromatic rings. The minimum atomic E-state index is -5.17. The minimum Gasteiger partial charge on any atom is -0.382 e. The molecule has 0 aliphatic rings.